The summed E-state index contributed by atoms with van der Waals surface area (Å²) < 4.78 is 0. The summed E-state index contributed by atoms with van der Waals surface area (Å²) in [4.78, 5) is 6.70. The largest absolute Gasteiger partial charge is 0.311 e. The summed E-state index contributed by atoms with van der Waals surface area (Å²) >= 11 is 0. The van der Waals surface area contributed by atoms with Crippen LogP contribution < -0.4 is 5.32 Å². The quantitative estimate of drug-likeness (QED) is 0.766. The molecule has 1 aromatic heterocycles. The maximum absolute atomic E-state index is 4.34. The van der Waals surface area contributed by atoms with Crippen molar-refractivity contribution in [2.45, 2.75) is 39.2 Å². The van der Waals surface area contributed by atoms with Crippen molar-refractivity contribution in [1.82, 2.24) is 15.2 Å². The molecule has 0 aromatic carbocycles. The van der Waals surface area contributed by atoms with Crippen LogP contribution in [0.1, 0.15) is 32.9 Å². The summed E-state index contributed by atoms with van der Waals surface area (Å²) in [5, 5.41) is 3.58. The van der Waals surface area contributed by atoms with Gasteiger partial charge in [-0.3, -0.25) is 4.98 Å². The maximum atomic E-state index is 4.34. The molecule has 0 spiro atoms. The minimum atomic E-state index is 0.252. The van der Waals surface area contributed by atoms with Crippen molar-refractivity contribution in [2.24, 2.45) is 0 Å². The summed E-state index contributed by atoms with van der Waals surface area (Å²) in [6, 6.07) is 6.10. The molecule has 1 N–H and O–H groups in total. The van der Waals surface area contributed by atoms with Gasteiger partial charge in [-0.25, -0.2) is 0 Å². The highest BCUT2D eigenvalue weighted by Crippen LogP contribution is 2.05. The van der Waals surface area contributed by atoms with E-state index in [1.165, 1.54) is 5.69 Å². The first-order valence-electron chi connectivity index (χ1n) is 6.87. The number of rotatable bonds is 8. The van der Waals surface area contributed by atoms with E-state index in [4.69, 9.17) is 0 Å². The van der Waals surface area contributed by atoms with Crippen LogP contribution in [-0.2, 0) is 6.42 Å². The number of hydrogen-bond acceptors (Lipinski definition) is 3. The van der Waals surface area contributed by atoms with Gasteiger partial charge < -0.3 is 10.2 Å². The fourth-order valence-corrected chi connectivity index (χ4v) is 1.67. The van der Waals surface area contributed by atoms with Crippen molar-refractivity contribution in [3.8, 4) is 0 Å². The van der Waals surface area contributed by atoms with Gasteiger partial charge in [-0.1, -0.05) is 13.0 Å². The molecular formula is C15H27N3. The van der Waals surface area contributed by atoms with Gasteiger partial charge in [0.15, 0.2) is 0 Å². The number of pyridine rings is 1. The maximum Gasteiger partial charge on any atom is 0.0416 e. The SMILES string of the molecule is CCC(C)(C)NCCN(C)CCc1ccccn1. The van der Waals surface area contributed by atoms with Crippen LogP contribution in [0.5, 0.6) is 0 Å². The second-order valence-electron chi connectivity index (χ2n) is 5.54. The van der Waals surface area contributed by atoms with Crippen molar-refractivity contribution in [2.75, 3.05) is 26.7 Å². The third-order valence-electron chi connectivity index (χ3n) is 3.46. The van der Waals surface area contributed by atoms with Crippen molar-refractivity contribution < 1.29 is 0 Å². The summed E-state index contributed by atoms with van der Waals surface area (Å²) in [5.74, 6) is 0. The number of nitrogens with zero attached hydrogens (tertiary/aromatic N) is 2. The topological polar surface area (TPSA) is 28.2 Å². The lowest BCUT2D eigenvalue weighted by Gasteiger charge is -2.26. The van der Waals surface area contributed by atoms with E-state index in [9.17, 15) is 0 Å². The Morgan fingerprint density at radius 1 is 1.28 bits per heavy atom. The van der Waals surface area contributed by atoms with Crippen LogP contribution in [0.4, 0.5) is 0 Å². The van der Waals surface area contributed by atoms with Gasteiger partial charge in [0.25, 0.3) is 0 Å². The molecule has 0 fully saturated rings. The number of likely N-dealkylation sites (N-methyl/N-ethyl adjacent to an activating group) is 1. The molecule has 0 saturated heterocycles. The molecule has 1 heterocycles. The van der Waals surface area contributed by atoms with Gasteiger partial charge in [-0.2, -0.15) is 0 Å². The molecule has 3 heteroatoms. The predicted molar refractivity (Wildman–Crippen MR) is 77.8 cm³/mol. The Hall–Kier alpha value is -0.930. The average molecular weight is 249 g/mol. The molecular weight excluding hydrogens is 222 g/mol. The fraction of sp³-hybridized carbons (Fsp3) is 0.667. The average Bonchev–Trinajstić information content (AvgIpc) is 2.37. The summed E-state index contributed by atoms with van der Waals surface area (Å²) in [6.07, 6.45) is 4.04. The van der Waals surface area contributed by atoms with Gasteiger partial charge in [-0.15, -0.1) is 0 Å². The molecule has 1 aromatic rings. The van der Waals surface area contributed by atoms with Gasteiger partial charge in [0.05, 0.1) is 0 Å². The van der Waals surface area contributed by atoms with Crippen molar-refractivity contribution in [3.63, 3.8) is 0 Å². The van der Waals surface area contributed by atoms with Crippen molar-refractivity contribution in [3.05, 3.63) is 30.1 Å². The van der Waals surface area contributed by atoms with Crippen molar-refractivity contribution >= 4 is 0 Å². The second-order valence-corrected chi connectivity index (χ2v) is 5.54. The lowest BCUT2D eigenvalue weighted by Crippen LogP contribution is -2.42. The Morgan fingerprint density at radius 2 is 2.06 bits per heavy atom. The molecule has 102 valence electrons. The molecule has 0 radical (unpaired) electrons. The number of aromatic nitrogens is 1. The minimum absolute atomic E-state index is 0.252. The Morgan fingerprint density at radius 3 is 2.67 bits per heavy atom. The van der Waals surface area contributed by atoms with Crippen LogP contribution in [0, 0.1) is 0 Å². The molecule has 0 aliphatic carbocycles. The number of hydrogen-bond donors (Lipinski definition) is 1. The Balaban J connectivity index is 2.16. The zero-order valence-corrected chi connectivity index (χ0v) is 12.2. The molecule has 0 aliphatic rings. The van der Waals surface area contributed by atoms with E-state index >= 15 is 0 Å². The third kappa shape index (κ3) is 6.12. The van der Waals surface area contributed by atoms with E-state index in [1.54, 1.807) is 0 Å². The molecule has 0 aliphatic heterocycles. The summed E-state index contributed by atoms with van der Waals surface area (Å²) in [6.45, 7) is 9.90. The van der Waals surface area contributed by atoms with Crippen LogP contribution in [0.25, 0.3) is 0 Å². The molecule has 1 rings (SSSR count). The first-order valence-corrected chi connectivity index (χ1v) is 6.87. The lowest BCUT2D eigenvalue weighted by molar-refractivity contribution is 0.300. The Labute approximate surface area is 112 Å². The zero-order valence-electron chi connectivity index (χ0n) is 12.2. The standard InChI is InChI=1S/C15H27N3/c1-5-15(2,3)17-11-13-18(4)12-9-14-8-6-7-10-16-14/h6-8,10,17H,5,9,11-13H2,1-4H3. The van der Waals surface area contributed by atoms with Gasteiger partial charge in [0.1, 0.15) is 0 Å². The molecule has 0 saturated carbocycles. The Bertz CT molecular complexity index is 322. The van der Waals surface area contributed by atoms with Gasteiger partial charge >= 0.3 is 0 Å². The smallest absolute Gasteiger partial charge is 0.0416 e. The fourth-order valence-electron chi connectivity index (χ4n) is 1.67. The van der Waals surface area contributed by atoms with E-state index in [1.807, 2.05) is 18.3 Å². The van der Waals surface area contributed by atoms with Crippen LogP contribution in [0.2, 0.25) is 0 Å². The van der Waals surface area contributed by atoms with Gasteiger partial charge in [0.2, 0.25) is 0 Å². The van der Waals surface area contributed by atoms with Crippen LogP contribution in [0.3, 0.4) is 0 Å². The highest BCUT2D eigenvalue weighted by molar-refractivity contribution is 5.03. The highest BCUT2D eigenvalue weighted by atomic mass is 15.1. The first-order chi connectivity index (χ1) is 8.53. The van der Waals surface area contributed by atoms with E-state index in [-0.39, 0.29) is 5.54 Å². The zero-order chi connectivity index (χ0) is 13.4. The first kappa shape index (κ1) is 15.1. The molecule has 0 unspecified atom stereocenters. The minimum Gasteiger partial charge on any atom is -0.311 e. The van der Waals surface area contributed by atoms with Crippen LogP contribution >= 0.6 is 0 Å². The number of nitrogens with one attached hydrogen (secondary N) is 1. The third-order valence-corrected chi connectivity index (χ3v) is 3.46. The molecule has 18 heavy (non-hydrogen) atoms. The van der Waals surface area contributed by atoms with Crippen molar-refractivity contribution in [1.29, 1.82) is 0 Å². The molecule has 0 atom stereocenters. The highest BCUT2D eigenvalue weighted by Gasteiger charge is 2.13. The lowest BCUT2D eigenvalue weighted by atomic mass is 10.0. The van der Waals surface area contributed by atoms with E-state index in [2.05, 4.69) is 49.1 Å². The van der Waals surface area contributed by atoms with E-state index < -0.39 is 0 Å². The van der Waals surface area contributed by atoms with E-state index in [0.717, 1.165) is 32.5 Å². The molecule has 3 nitrogen and oxygen atoms in total. The van der Waals surface area contributed by atoms with Gasteiger partial charge in [-0.05, 0) is 39.4 Å². The summed E-state index contributed by atoms with van der Waals surface area (Å²) in [7, 11) is 2.17. The predicted octanol–water partition coefficient (Wildman–Crippen LogP) is 2.33. The van der Waals surface area contributed by atoms with Crippen LogP contribution in [-0.4, -0.2) is 42.1 Å². The Kier molecular flexibility index (Phi) is 6.30. The second kappa shape index (κ2) is 7.49. The van der Waals surface area contributed by atoms with Gasteiger partial charge in [0, 0.05) is 43.5 Å². The molecule has 0 bridgehead atoms. The van der Waals surface area contributed by atoms with E-state index in [0.29, 0.717) is 0 Å². The normalized spacial score (nSPS) is 12.1. The monoisotopic (exact) mass is 249 g/mol. The summed E-state index contributed by atoms with van der Waals surface area (Å²) in [5.41, 5.74) is 1.42. The molecule has 0 amide bonds. The van der Waals surface area contributed by atoms with Crippen LogP contribution in [0.15, 0.2) is 24.4 Å².